The van der Waals surface area contributed by atoms with Crippen LogP contribution < -0.4 is 5.32 Å². The largest absolute Gasteiger partial charge is 0.343 e. The smallest absolute Gasteiger partial charge is 0.225 e. The minimum Gasteiger partial charge on any atom is -0.343 e. The number of rotatable bonds is 9. The zero-order chi connectivity index (χ0) is 17.4. The molecular weight excluding hydrogens is 306 g/mol. The summed E-state index contributed by atoms with van der Waals surface area (Å²) in [7, 11) is 0. The molecule has 0 radical (unpaired) electrons. The fourth-order valence-corrected chi connectivity index (χ4v) is 2.59. The first-order chi connectivity index (χ1) is 11.7. The molecule has 0 fully saturated rings. The van der Waals surface area contributed by atoms with E-state index in [2.05, 4.69) is 29.2 Å². The molecule has 0 aliphatic carbocycles. The zero-order valence-electron chi connectivity index (χ0n) is 14.4. The van der Waals surface area contributed by atoms with Crippen LogP contribution in [0.5, 0.6) is 0 Å². The summed E-state index contributed by atoms with van der Waals surface area (Å²) in [5.41, 5.74) is 0.678. The summed E-state index contributed by atoms with van der Waals surface area (Å²) in [6.07, 6.45) is 6.42. The molecule has 0 bridgehead atoms. The average Bonchev–Trinajstić information content (AvgIpc) is 3.04. The third-order valence-corrected chi connectivity index (χ3v) is 3.69. The van der Waals surface area contributed by atoms with Crippen molar-refractivity contribution in [1.82, 2.24) is 19.5 Å². The van der Waals surface area contributed by atoms with Crippen LogP contribution in [-0.2, 0) is 9.59 Å². The molecule has 130 valence electrons. The Morgan fingerprint density at radius 1 is 1.12 bits per heavy atom. The normalized spacial score (nSPS) is 10.8. The predicted octanol–water partition coefficient (Wildman–Crippen LogP) is 2.49. The highest BCUT2D eigenvalue weighted by Crippen LogP contribution is 2.10. The van der Waals surface area contributed by atoms with Gasteiger partial charge in [0.25, 0.3) is 0 Å². The highest BCUT2D eigenvalue weighted by atomic mass is 16.2. The van der Waals surface area contributed by atoms with Crippen molar-refractivity contribution in [2.75, 3.05) is 18.4 Å². The van der Waals surface area contributed by atoms with E-state index >= 15 is 0 Å². The molecule has 2 aromatic heterocycles. The molecule has 7 heteroatoms. The van der Waals surface area contributed by atoms with Crippen molar-refractivity contribution in [3.8, 4) is 0 Å². The summed E-state index contributed by atoms with van der Waals surface area (Å²) in [6.45, 7) is 5.70. The second-order valence-corrected chi connectivity index (χ2v) is 5.71. The molecule has 2 heterocycles. The number of hydrogen-bond acceptors (Lipinski definition) is 4. The lowest BCUT2D eigenvalue weighted by Gasteiger charge is -2.21. The lowest BCUT2D eigenvalue weighted by Crippen LogP contribution is -2.32. The number of nitrogens with zero attached hydrogens (tertiary/aromatic N) is 4. The molecule has 2 rings (SSSR count). The first-order valence-corrected chi connectivity index (χ1v) is 8.52. The fourth-order valence-electron chi connectivity index (χ4n) is 2.59. The molecule has 0 atom stereocenters. The van der Waals surface area contributed by atoms with Gasteiger partial charge >= 0.3 is 0 Å². The molecule has 2 aromatic rings. The Morgan fingerprint density at radius 3 is 2.58 bits per heavy atom. The van der Waals surface area contributed by atoms with Crippen LogP contribution in [0.15, 0.2) is 24.5 Å². The predicted molar refractivity (Wildman–Crippen MR) is 92.6 cm³/mol. The molecule has 0 aliphatic rings. The monoisotopic (exact) mass is 331 g/mol. The van der Waals surface area contributed by atoms with Gasteiger partial charge < -0.3 is 10.2 Å². The highest BCUT2D eigenvalue weighted by molar-refractivity contribution is 5.90. The Morgan fingerprint density at radius 2 is 1.88 bits per heavy atom. The van der Waals surface area contributed by atoms with Crippen LogP contribution in [-0.4, -0.2) is 44.4 Å². The minimum atomic E-state index is -0.122. The topological polar surface area (TPSA) is 79.6 Å². The third kappa shape index (κ3) is 4.78. The first-order valence-electron chi connectivity index (χ1n) is 8.52. The highest BCUT2D eigenvalue weighted by Gasteiger charge is 2.13. The average molecular weight is 331 g/mol. The SMILES string of the molecule is CCCN(CCC)C(=O)CCCC(=O)Nc1ccnc2ccnn12. The van der Waals surface area contributed by atoms with Crippen LogP contribution in [0.1, 0.15) is 46.0 Å². The molecule has 0 aromatic carbocycles. The van der Waals surface area contributed by atoms with Gasteiger partial charge in [-0.3, -0.25) is 9.59 Å². The van der Waals surface area contributed by atoms with Crippen LogP contribution in [0.3, 0.4) is 0 Å². The van der Waals surface area contributed by atoms with E-state index in [0.29, 0.717) is 30.7 Å². The number of nitrogens with one attached hydrogen (secondary N) is 1. The number of amides is 2. The molecule has 7 nitrogen and oxygen atoms in total. The van der Waals surface area contributed by atoms with E-state index in [1.807, 2.05) is 4.90 Å². The second-order valence-electron chi connectivity index (χ2n) is 5.71. The number of hydrogen-bond donors (Lipinski definition) is 1. The lowest BCUT2D eigenvalue weighted by molar-refractivity contribution is -0.131. The molecular formula is C17H25N5O2. The maximum Gasteiger partial charge on any atom is 0.225 e. The number of fused-ring (bicyclic) bond motifs is 1. The fraction of sp³-hybridized carbons (Fsp3) is 0.529. The summed E-state index contributed by atoms with van der Waals surface area (Å²) in [6, 6.07) is 3.47. The van der Waals surface area contributed by atoms with Crippen molar-refractivity contribution >= 4 is 23.3 Å². The van der Waals surface area contributed by atoms with Crippen molar-refractivity contribution in [3.63, 3.8) is 0 Å². The molecule has 0 unspecified atom stereocenters. The van der Waals surface area contributed by atoms with Crippen LogP contribution in [0, 0.1) is 0 Å². The van der Waals surface area contributed by atoms with Crippen molar-refractivity contribution in [3.05, 3.63) is 24.5 Å². The molecule has 0 saturated carbocycles. The van der Waals surface area contributed by atoms with Crippen molar-refractivity contribution in [1.29, 1.82) is 0 Å². The Bertz CT molecular complexity index is 676. The van der Waals surface area contributed by atoms with Gasteiger partial charge in [0.05, 0.1) is 6.20 Å². The number of aromatic nitrogens is 3. The standard InChI is InChI=1S/C17H25N5O2/c1-3-12-21(13-4-2)17(24)7-5-6-16(23)20-15-8-10-18-14-9-11-19-22(14)15/h8-11H,3-7,12-13H2,1-2H3,(H,20,23). The van der Waals surface area contributed by atoms with Crippen LogP contribution in [0.4, 0.5) is 5.82 Å². The van der Waals surface area contributed by atoms with Crippen molar-refractivity contribution in [2.24, 2.45) is 0 Å². The van der Waals surface area contributed by atoms with Crippen molar-refractivity contribution in [2.45, 2.75) is 46.0 Å². The zero-order valence-corrected chi connectivity index (χ0v) is 14.4. The summed E-state index contributed by atoms with van der Waals surface area (Å²) in [4.78, 5) is 30.3. The van der Waals surface area contributed by atoms with Gasteiger partial charge in [-0.05, 0) is 25.3 Å². The molecule has 0 saturated heterocycles. The maximum absolute atomic E-state index is 12.2. The van der Waals surface area contributed by atoms with Gasteiger partial charge in [0.15, 0.2) is 5.65 Å². The Balaban J connectivity index is 1.81. The van der Waals surface area contributed by atoms with E-state index in [-0.39, 0.29) is 11.8 Å². The number of anilines is 1. The molecule has 0 spiro atoms. The Labute approximate surface area is 142 Å². The van der Waals surface area contributed by atoms with E-state index in [0.717, 1.165) is 25.9 Å². The lowest BCUT2D eigenvalue weighted by atomic mass is 10.2. The molecule has 0 aliphatic heterocycles. The van der Waals surface area contributed by atoms with Crippen molar-refractivity contribution < 1.29 is 9.59 Å². The Kier molecular flexibility index (Phi) is 6.72. The van der Waals surface area contributed by atoms with E-state index < -0.39 is 0 Å². The van der Waals surface area contributed by atoms with Gasteiger partial charge in [0, 0.05) is 38.2 Å². The van der Waals surface area contributed by atoms with E-state index in [9.17, 15) is 9.59 Å². The molecule has 1 N–H and O–H groups in total. The van der Waals surface area contributed by atoms with Crippen LogP contribution in [0.2, 0.25) is 0 Å². The maximum atomic E-state index is 12.2. The quantitative estimate of drug-likeness (QED) is 0.765. The third-order valence-electron chi connectivity index (χ3n) is 3.69. The molecule has 2 amide bonds. The van der Waals surface area contributed by atoms with E-state index in [4.69, 9.17) is 0 Å². The van der Waals surface area contributed by atoms with Gasteiger partial charge in [-0.15, -0.1) is 0 Å². The van der Waals surface area contributed by atoms with Gasteiger partial charge in [-0.1, -0.05) is 13.8 Å². The van der Waals surface area contributed by atoms with Gasteiger partial charge in [-0.2, -0.15) is 9.61 Å². The molecule has 24 heavy (non-hydrogen) atoms. The van der Waals surface area contributed by atoms with Gasteiger partial charge in [-0.25, -0.2) is 4.98 Å². The number of carbonyl (C=O) groups excluding carboxylic acids is 2. The van der Waals surface area contributed by atoms with Crippen LogP contribution in [0.25, 0.3) is 5.65 Å². The second kappa shape index (κ2) is 9.00. The summed E-state index contributed by atoms with van der Waals surface area (Å²) < 4.78 is 1.58. The minimum absolute atomic E-state index is 0.122. The first kappa shape index (κ1) is 17.9. The Hall–Kier alpha value is -2.44. The summed E-state index contributed by atoms with van der Waals surface area (Å²) in [5, 5.41) is 6.94. The van der Waals surface area contributed by atoms with Gasteiger partial charge in [0.2, 0.25) is 11.8 Å². The van der Waals surface area contributed by atoms with Crippen LogP contribution >= 0.6 is 0 Å². The van der Waals surface area contributed by atoms with E-state index in [1.54, 1.807) is 29.0 Å². The number of carbonyl (C=O) groups is 2. The van der Waals surface area contributed by atoms with E-state index in [1.165, 1.54) is 0 Å². The van der Waals surface area contributed by atoms with Gasteiger partial charge in [0.1, 0.15) is 5.82 Å². The summed E-state index contributed by atoms with van der Waals surface area (Å²) >= 11 is 0. The summed E-state index contributed by atoms with van der Waals surface area (Å²) in [5.74, 6) is 0.591.